The molecule has 1 rings (SSSR count). The Morgan fingerprint density at radius 1 is 0.561 bits per heavy atom. The van der Waals surface area contributed by atoms with Crippen LogP contribution in [0.1, 0.15) is 168 Å². The first-order chi connectivity index (χ1) is 20.2. The van der Waals surface area contributed by atoms with Crippen molar-refractivity contribution in [3.05, 3.63) is 48.0 Å². The summed E-state index contributed by atoms with van der Waals surface area (Å²) in [5.74, 6) is -0.931. The van der Waals surface area contributed by atoms with Crippen LogP contribution in [0.3, 0.4) is 0 Å². The summed E-state index contributed by atoms with van der Waals surface area (Å²) in [7, 11) is 0. The van der Waals surface area contributed by atoms with Crippen molar-refractivity contribution in [2.75, 3.05) is 0 Å². The monoisotopic (exact) mass is 572 g/mol. The Morgan fingerprint density at radius 2 is 1.00 bits per heavy atom. The number of allylic oxidation sites excluding steroid dienone is 5. The Labute approximate surface area is 251 Å². The van der Waals surface area contributed by atoms with E-state index >= 15 is 0 Å². The van der Waals surface area contributed by atoms with Gasteiger partial charge in [0.1, 0.15) is 0 Å². The maximum Gasteiger partial charge on any atom is 0.425 e. The van der Waals surface area contributed by atoms with Crippen LogP contribution in [0.2, 0.25) is 0 Å². The Bertz CT molecular complexity index is 777. The Hall–Kier alpha value is -2.30. The van der Waals surface area contributed by atoms with Crippen LogP contribution >= 0.6 is 0 Å². The van der Waals surface area contributed by atoms with Crippen LogP contribution < -0.4 is 0 Å². The maximum atomic E-state index is 11.9. The molecule has 0 bridgehead atoms. The molecule has 41 heavy (non-hydrogen) atoms. The first-order valence-electron chi connectivity index (χ1n) is 17.0. The molecule has 0 saturated heterocycles. The topological polar surface area (TPSA) is 65.1 Å². The van der Waals surface area contributed by atoms with Crippen molar-refractivity contribution < 1.29 is 24.1 Å². The van der Waals surface area contributed by atoms with Crippen LogP contribution in [0.25, 0.3) is 0 Å². The van der Waals surface area contributed by atoms with Crippen LogP contribution in [-0.4, -0.2) is 11.9 Å². The van der Waals surface area contributed by atoms with Gasteiger partial charge in [-0.2, -0.15) is 0 Å². The van der Waals surface area contributed by atoms with Gasteiger partial charge in [0.25, 0.3) is 5.76 Å². The number of carbonyl (C=O) groups is 2. The van der Waals surface area contributed by atoms with Crippen LogP contribution in [0.4, 0.5) is 0 Å². The van der Waals surface area contributed by atoms with Gasteiger partial charge in [0.05, 0.1) is 0 Å². The number of rotatable bonds is 28. The van der Waals surface area contributed by atoms with E-state index in [9.17, 15) is 9.59 Å². The summed E-state index contributed by atoms with van der Waals surface area (Å²) in [6.45, 7) is 4.52. The van der Waals surface area contributed by atoms with Crippen LogP contribution in [-0.2, 0) is 24.1 Å². The van der Waals surface area contributed by atoms with Crippen LogP contribution in [0.15, 0.2) is 48.0 Å². The predicted molar refractivity (Wildman–Crippen MR) is 170 cm³/mol. The smallest absolute Gasteiger partial charge is 0.425 e. The molecule has 0 atom stereocenters. The van der Waals surface area contributed by atoms with Crippen LogP contribution in [0.5, 0.6) is 0 Å². The summed E-state index contributed by atoms with van der Waals surface area (Å²) in [5, 5.41) is 0. The number of ether oxygens (including phenoxy) is 1. The van der Waals surface area contributed by atoms with Gasteiger partial charge in [0, 0.05) is 6.08 Å². The highest BCUT2D eigenvalue weighted by Crippen LogP contribution is 2.28. The Balaban J connectivity index is 1.95. The third-order valence-corrected chi connectivity index (χ3v) is 7.48. The average Bonchev–Trinajstić information content (AvgIpc) is 3.76. The Morgan fingerprint density at radius 3 is 1.49 bits per heavy atom. The summed E-state index contributed by atoms with van der Waals surface area (Å²) < 4.78 is 5.16. The van der Waals surface area contributed by atoms with E-state index in [0.29, 0.717) is 5.76 Å². The summed E-state index contributed by atoms with van der Waals surface area (Å²) in [6, 6.07) is 0. The van der Waals surface area contributed by atoms with Gasteiger partial charge in [-0.1, -0.05) is 167 Å². The quantitative estimate of drug-likeness (QED) is 0.0307. The molecule has 0 aromatic rings. The lowest BCUT2D eigenvalue weighted by Crippen LogP contribution is -2.08. The van der Waals surface area contributed by atoms with Gasteiger partial charge < -0.3 is 4.74 Å². The van der Waals surface area contributed by atoms with Gasteiger partial charge in [-0.15, -0.1) is 0 Å². The molecule has 0 radical (unpaired) electrons. The average molecular weight is 573 g/mol. The summed E-state index contributed by atoms with van der Waals surface area (Å²) >= 11 is 0. The van der Waals surface area contributed by atoms with Crippen LogP contribution in [0, 0.1) is 0 Å². The zero-order valence-corrected chi connectivity index (χ0v) is 26.5. The molecule has 0 spiro atoms. The first kappa shape index (κ1) is 36.7. The summed E-state index contributed by atoms with van der Waals surface area (Å²) in [4.78, 5) is 32.8. The largest absolute Gasteiger partial charge is 0.442 e. The zero-order chi connectivity index (χ0) is 29.6. The lowest BCUT2D eigenvalue weighted by molar-refractivity contribution is -0.252. The molecule has 0 saturated carbocycles. The molecule has 0 amide bonds. The number of hydrogen-bond acceptors (Lipinski definition) is 5. The summed E-state index contributed by atoms with van der Waals surface area (Å²) in [6.07, 6.45) is 41.7. The lowest BCUT2D eigenvalue weighted by atomic mass is 10.1. The predicted octanol–water partition coefficient (Wildman–Crippen LogP) is 11.3. The van der Waals surface area contributed by atoms with Crippen molar-refractivity contribution in [1.29, 1.82) is 0 Å². The van der Waals surface area contributed by atoms with Crippen molar-refractivity contribution in [3.63, 3.8) is 0 Å². The molecule has 0 aromatic carbocycles. The van der Waals surface area contributed by atoms with E-state index in [2.05, 4.69) is 23.6 Å². The van der Waals surface area contributed by atoms with E-state index in [1.807, 2.05) is 18.2 Å². The minimum absolute atomic E-state index is 0.101. The Kier molecular flexibility index (Phi) is 24.9. The van der Waals surface area contributed by atoms with Gasteiger partial charge in [-0.3, -0.25) is 0 Å². The highest BCUT2D eigenvalue weighted by Gasteiger charge is 2.33. The normalized spacial score (nSPS) is 13.0. The molecule has 0 aliphatic carbocycles. The van der Waals surface area contributed by atoms with E-state index in [1.165, 1.54) is 134 Å². The SMILES string of the molecule is CCCCCCCCCCCCC/C=C/C=C/C(=O)OOC(=O)C1=C(/C=C/CCCCCCCCCCCCC)O1. The van der Waals surface area contributed by atoms with E-state index < -0.39 is 11.9 Å². The van der Waals surface area contributed by atoms with Gasteiger partial charge in [-0.05, 0) is 31.8 Å². The highest BCUT2D eigenvalue weighted by atomic mass is 17.2. The van der Waals surface area contributed by atoms with E-state index in [4.69, 9.17) is 4.74 Å². The highest BCUT2D eigenvalue weighted by molar-refractivity contribution is 5.91. The first-order valence-corrected chi connectivity index (χ1v) is 17.0. The molecule has 1 aliphatic rings. The zero-order valence-electron chi connectivity index (χ0n) is 26.5. The third kappa shape index (κ3) is 24.0. The second-order valence-corrected chi connectivity index (χ2v) is 11.4. The van der Waals surface area contributed by atoms with Gasteiger partial charge >= 0.3 is 11.9 Å². The lowest BCUT2D eigenvalue weighted by Gasteiger charge is -2.01. The van der Waals surface area contributed by atoms with Gasteiger partial charge in [0.2, 0.25) is 0 Å². The molecule has 0 unspecified atom stereocenters. The molecular formula is C36H60O5. The molecule has 0 aromatic heterocycles. The van der Waals surface area contributed by atoms with Gasteiger partial charge in [-0.25, -0.2) is 19.4 Å². The molecule has 5 nitrogen and oxygen atoms in total. The molecular weight excluding hydrogens is 512 g/mol. The number of carbonyl (C=O) groups excluding carboxylic acids is 2. The molecule has 5 heteroatoms. The number of hydrogen-bond donors (Lipinski definition) is 0. The third-order valence-electron chi connectivity index (χ3n) is 7.48. The minimum atomic E-state index is -0.784. The molecule has 0 N–H and O–H groups in total. The molecule has 1 aliphatic heterocycles. The fraction of sp³-hybridized carbons (Fsp3) is 0.722. The molecule has 234 valence electrons. The van der Waals surface area contributed by atoms with Gasteiger partial charge in [0.15, 0.2) is 5.76 Å². The summed E-state index contributed by atoms with van der Waals surface area (Å²) in [5.41, 5.74) is 0. The van der Waals surface area contributed by atoms with E-state index in [0.717, 1.165) is 25.7 Å². The molecule has 0 fully saturated rings. The van der Waals surface area contributed by atoms with Crippen molar-refractivity contribution in [1.82, 2.24) is 0 Å². The second-order valence-electron chi connectivity index (χ2n) is 11.4. The molecule has 1 heterocycles. The fourth-order valence-corrected chi connectivity index (χ4v) is 4.83. The van der Waals surface area contributed by atoms with Crippen molar-refractivity contribution in [2.24, 2.45) is 0 Å². The van der Waals surface area contributed by atoms with Crippen molar-refractivity contribution >= 4 is 11.9 Å². The fourth-order valence-electron chi connectivity index (χ4n) is 4.83. The van der Waals surface area contributed by atoms with Crippen molar-refractivity contribution in [2.45, 2.75) is 168 Å². The number of unbranched alkanes of at least 4 members (excludes halogenated alkanes) is 22. The van der Waals surface area contributed by atoms with E-state index in [-0.39, 0.29) is 5.76 Å². The maximum absolute atomic E-state index is 11.9. The van der Waals surface area contributed by atoms with Crippen molar-refractivity contribution in [3.8, 4) is 0 Å². The standard InChI is InChI=1S/C36H60O5/c1-3-5-7-9-11-13-15-17-18-20-22-24-26-28-30-32-34(37)40-41-36(38)35-33(39-35)31-29-27-25-23-21-19-16-14-12-10-8-6-4-2/h26,28-32H,3-25,27H2,1-2H3/b28-26+,31-29+,32-30+. The van der Waals surface area contributed by atoms with E-state index in [1.54, 1.807) is 12.2 Å². The minimum Gasteiger partial charge on any atom is -0.442 e. The second kappa shape index (κ2) is 27.8.